The molecule has 2 aromatic carbocycles. The summed E-state index contributed by atoms with van der Waals surface area (Å²) in [6.07, 6.45) is -1.82. The number of ketones is 1. The van der Waals surface area contributed by atoms with Gasteiger partial charge in [0.05, 0.1) is 67.7 Å². The van der Waals surface area contributed by atoms with Crippen molar-refractivity contribution in [2.24, 2.45) is 0 Å². The SMILES string of the molecule is COC(=O)[C@@H]1C[C@@H](O)CN1C(=O)c1cc(C)c(OCCCOc2cc([N+](=O)[O-])c(C(=O)N3C[C@H](O)C[C@H]3C(C)=O)cc2OC)cc1[N+](=O)[O-]. The maximum Gasteiger partial charge on any atom is 0.328 e. The second-order valence-corrected chi connectivity index (χ2v) is 11.6. The van der Waals surface area contributed by atoms with Gasteiger partial charge in [0.15, 0.2) is 17.3 Å². The highest BCUT2D eigenvalue weighted by molar-refractivity contribution is 6.02. The summed E-state index contributed by atoms with van der Waals surface area (Å²) in [5.41, 5.74) is -1.44. The molecule has 0 saturated carbocycles. The standard InChI is InChI=1S/C31H36N4O14/c1-16-8-20(29(39)33-15-19(38)10-25(33)31(41)47-4)23(34(42)43)12-26(16)48-6-5-7-49-28-13-24(35(44)45)21(11-27(28)46-3)30(40)32-14-18(37)9-22(32)17(2)36/h8,11-13,18-19,22,25,37-38H,5-7,9-10,14-15H2,1-4H3/t18-,19-,22+,25+/m1/s1. The molecule has 2 heterocycles. The van der Waals surface area contributed by atoms with Crippen molar-refractivity contribution < 1.29 is 58.2 Å². The second kappa shape index (κ2) is 15.2. The zero-order valence-electron chi connectivity index (χ0n) is 27.2. The highest BCUT2D eigenvalue weighted by atomic mass is 16.6. The maximum absolute atomic E-state index is 13.3. The fraction of sp³-hybridized carbons (Fsp3) is 0.484. The molecule has 4 atom stereocenters. The van der Waals surface area contributed by atoms with Gasteiger partial charge in [0.2, 0.25) is 0 Å². The summed E-state index contributed by atoms with van der Waals surface area (Å²) in [7, 11) is 2.41. The molecule has 0 spiro atoms. The van der Waals surface area contributed by atoms with Gasteiger partial charge in [-0.2, -0.15) is 0 Å². The van der Waals surface area contributed by atoms with E-state index in [1.165, 1.54) is 20.1 Å². The van der Waals surface area contributed by atoms with E-state index in [0.717, 1.165) is 35.1 Å². The van der Waals surface area contributed by atoms with Crippen molar-refractivity contribution in [1.82, 2.24) is 9.80 Å². The van der Waals surface area contributed by atoms with E-state index in [-0.39, 0.29) is 79.7 Å². The smallest absolute Gasteiger partial charge is 0.328 e. The number of esters is 1. The Kier molecular flexibility index (Phi) is 11.3. The number of aliphatic hydroxyl groups excluding tert-OH is 2. The van der Waals surface area contributed by atoms with Crippen molar-refractivity contribution in [3.05, 3.63) is 61.2 Å². The fourth-order valence-corrected chi connectivity index (χ4v) is 5.85. The number of amides is 2. The van der Waals surface area contributed by atoms with E-state index >= 15 is 0 Å². The Morgan fingerprint density at radius 1 is 0.796 bits per heavy atom. The van der Waals surface area contributed by atoms with Gasteiger partial charge >= 0.3 is 5.97 Å². The van der Waals surface area contributed by atoms with Gasteiger partial charge in [0, 0.05) is 38.4 Å². The molecule has 18 nitrogen and oxygen atoms in total. The number of nitrogens with zero attached hydrogens (tertiary/aromatic N) is 4. The number of Topliss-reactive ketones (excluding diaryl/α,β-unsaturated/α-hetero) is 1. The molecule has 2 aliphatic rings. The van der Waals surface area contributed by atoms with Gasteiger partial charge in [0.1, 0.15) is 22.9 Å². The minimum absolute atomic E-state index is 0.000623. The van der Waals surface area contributed by atoms with Gasteiger partial charge in [-0.3, -0.25) is 34.6 Å². The van der Waals surface area contributed by atoms with Crippen LogP contribution in [0.25, 0.3) is 0 Å². The van der Waals surface area contributed by atoms with E-state index in [1.54, 1.807) is 6.92 Å². The van der Waals surface area contributed by atoms with E-state index < -0.39 is 63.3 Å². The Balaban J connectivity index is 1.45. The first kappa shape index (κ1) is 36.5. The largest absolute Gasteiger partial charge is 0.493 e. The number of benzene rings is 2. The van der Waals surface area contributed by atoms with Gasteiger partial charge in [-0.25, -0.2) is 4.79 Å². The van der Waals surface area contributed by atoms with Crippen LogP contribution in [0.3, 0.4) is 0 Å². The molecule has 49 heavy (non-hydrogen) atoms. The van der Waals surface area contributed by atoms with E-state index in [0.29, 0.717) is 5.56 Å². The number of aliphatic hydroxyl groups is 2. The van der Waals surface area contributed by atoms with Gasteiger partial charge in [-0.05, 0) is 25.5 Å². The van der Waals surface area contributed by atoms with E-state index in [2.05, 4.69) is 0 Å². The van der Waals surface area contributed by atoms with Crippen LogP contribution in [0.5, 0.6) is 17.2 Å². The quantitative estimate of drug-likeness (QED) is 0.132. The third-order valence-corrected chi connectivity index (χ3v) is 8.26. The third-order valence-electron chi connectivity index (χ3n) is 8.26. The van der Waals surface area contributed by atoms with Crippen molar-refractivity contribution >= 4 is 34.9 Å². The van der Waals surface area contributed by atoms with Gasteiger partial charge < -0.3 is 39.0 Å². The molecule has 2 saturated heterocycles. The van der Waals surface area contributed by atoms with Crippen LogP contribution >= 0.6 is 0 Å². The average molecular weight is 689 g/mol. The lowest BCUT2D eigenvalue weighted by atomic mass is 10.1. The number of aryl methyl sites for hydroxylation is 1. The van der Waals surface area contributed by atoms with Crippen LogP contribution in [0.2, 0.25) is 0 Å². The Hall–Kier alpha value is -5.36. The maximum atomic E-state index is 13.3. The highest BCUT2D eigenvalue weighted by Crippen LogP contribution is 2.37. The summed E-state index contributed by atoms with van der Waals surface area (Å²) in [4.78, 5) is 75.2. The first-order chi connectivity index (χ1) is 23.2. The Bertz CT molecular complexity index is 1660. The lowest BCUT2D eigenvalue weighted by Crippen LogP contribution is -2.41. The molecule has 2 fully saturated rings. The van der Waals surface area contributed by atoms with E-state index in [1.807, 2.05) is 0 Å². The summed E-state index contributed by atoms with van der Waals surface area (Å²) in [6, 6.07) is 2.48. The number of hydrogen-bond donors (Lipinski definition) is 2. The third kappa shape index (κ3) is 7.86. The molecule has 0 aliphatic carbocycles. The molecular weight excluding hydrogens is 652 g/mol. The van der Waals surface area contributed by atoms with Crippen LogP contribution in [0.15, 0.2) is 24.3 Å². The number of methoxy groups -OCH3 is 2. The number of ether oxygens (including phenoxy) is 4. The predicted octanol–water partition coefficient (Wildman–Crippen LogP) is 1.58. The Morgan fingerprint density at radius 3 is 1.80 bits per heavy atom. The van der Waals surface area contributed by atoms with Crippen molar-refractivity contribution in [3.63, 3.8) is 0 Å². The molecule has 0 unspecified atom stereocenters. The average Bonchev–Trinajstić information content (AvgIpc) is 3.66. The van der Waals surface area contributed by atoms with Gasteiger partial charge in [-0.1, -0.05) is 0 Å². The molecule has 0 aromatic heterocycles. The predicted molar refractivity (Wildman–Crippen MR) is 167 cm³/mol. The lowest BCUT2D eigenvalue weighted by molar-refractivity contribution is -0.385. The molecule has 18 heteroatoms. The normalized spacial score (nSPS) is 20.1. The van der Waals surface area contributed by atoms with E-state index in [9.17, 15) is 49.6 Å². The minimum Gasteiger partial charge on any atom is -0.493 e. The summed E-state index contributed by atoms with van der Waals surface area (Å²) in [5.74, 6) is -2.72. The van der Waals surface area contributed by atoms with Crippen LogP contribution in [-0.2, 0) is 14.3 Å². The number of hydrogen-bond acceptors (Lipinski definition) is 14. The zero-order chi connectivity index (χ0) is 36.2. The molecule has 0 radical (unpaired) electrons. The van der Waals surface area contributed by atoms with Gasteiger partial charge in [-0.15, -0.1) is 0 Å². The number of rotatable bonds is 13. The Morgan fingerprint density at radius 2 is 1.29 bits per heavy atom. The van der Waals surface area contributed by atoms with Crippen LogP contribution < -0.4 is 14.2 Å². The first-order valence-corrected chi connectivity index (χ1v) is 15.2. The molecule has 2 aliphatic heterocycles. The lowest BCUT2D eigenvalue weighted by Gasteiger charge is -2.23. The number of likely N-dealkylation sites (tertiary alicyclic amines) is 2. The molecule has 264 valence electrons. The first-order valence-electron chi connectivity index (χ1n) is 15.2. The number of nitro groups is 2. The van der Waals surface area contributed by atoms with Gasteiger partial charge in [0.25, 0.3) is 23.2 Å². The molecule has 2 N–H and O–H groups in total. The van der Waals surface area contributed by atoms with Crippen LogP contribution in [-0.4, -0.2) is 118 Å². The Labute approximate surface area is 279 Å². The van der Waals surface area contributed by atoms with Crippen molar-refractivity contribution in [2.75, 3.05) is 40.5 Å². The van der Waals surface area contributed by atoms with Crippen LogP contribution in [0.1, 0.15) is 52.5 Å². The topological polar surface area (TPSA) is 238 Å². The molecule has 4 rings (SSSR count). The summed E-state index contributed by atoms with van der Waals surface area (Å²) in [5, 5.41) is 43.9. The second-order valence-electron chi connectivity index (χ2n) is 11.6. The summed E-state index contributed by atoms with van der Waals surface area (Å²) >= 11 is 0. The number of carbonyl (C=O) groups excluding carboxylic acids is 4. The van der Waals surface area contributed by atoms with E-state index in [4.69, 9.17) is 18.9 Å². The zero-order valence-corrected chi connectivity index (χ0v) is 27.2. The van der Waals surface area contributed by atoms with Crippen molar-refractivity contribution in [3.8, 4) is 17.2 Å². The van der Waals surface area contributed by atoms with Crippen molar-refractivity contribution in [1.29, 1.82) is 0 Å². The van der Waals surface area contributed by atoms with Crippen LogP contribution in [0.4, 0.5) is 11.4 Å². The minimum atomic E-state index is -1.10. The number of β-amino-alcohol motifs (C(OH)–C–C–N with tert-alkyl or cyclic N) is 2. The molecule has 2 aromatic rings. The summed E-state index contributed by atoms with van der Waals surface area (Å²) < 4.78 is 21.4. The molecule has 2 amide bonds. The van der Waals surface area contributed by atoms with Crippen LogP contribution in [0, 0.1) is 27.2 Å². The monoisotopic (exact) mass is 688 g/mol. The fourth-order valence-electron chi connectivity index (χ4n) is 5.85. The number of nitro benzene ring substituents is 2. The molecular formula is C31H36N4O14. The highest BCUT2D eigenvalue weighted by Gasteiger charge is 2.42. The van der Waals surface area contributed by atoms with Crippen molar-refractivity contribution in [2.45, 2.75) is 57.4 Å². The molecule has 0 bridgehead atoms. The summed E-state index contributed by atoms with van der Waals surface area (Å²) in [6.45, 7) is 2.37. The number of carbonyl (C=O) groups is 4.